The number of benzene rings is 8. The second-order valence-electron chi connectivity index (χ2n) is 16.7. The summed E-state index contributed by atoms with van der Waals surface area (Å²) in [6.45, 7) is 6.86. The van der Waals surface area contributed by atoms with Crippen molar-refractivity contribution in [2.75, 3.05) is 4.90 Å². The monoisotopic (exact) mass is 797 g/mol. The van der Waals surface area contributed by atoms with E-state index in [1.807, 2.05) is 36.4 Å². The van der Waals surface area contributed by atoms with Crippen LogP contribution in [0.25, 0.3) is 66.8 Å². The standard InChI is InChI=1S/C57H43N5/c1-37-18-16-25-43(38-32-34-42(35-33-38)62-49-30-14-11-27-46(49)57(2,3)47-28-12-15-31-50(47)62)52(37)54-53-41(23-17-26-45(53)44-24-10-13-29-48(44)58-54)36-51-59-55(39-19-6-4-7-20-39)61-56(60-51)40-21-8-5-9-22-40/h4-35H,36H2,1-3H3. The van der Waals surface area contributed by atoms with Crippen LogP contribution in [0.2, 0.25) is 0 Å². The van der Waals surface area contributed by atoms with Crippen LogP contribution in [0.1, 0.15) is 41.9 Å². The molecule has 0 N–H and O–H groups in total. The van der Waals surface area contributed by atoms with Crippen LogP contribution < -0.4 is 4.90 Å². The minimum atomic E-state index is -0.119. The zero-order valence-corrected chi connectivity index (χ0v) is 34.9. The lowest BCUT2D eigenvalue weighted by Gasteiger charge is -2.42. The molecule has 3 heterocycles. The van der Waals surface area contributed by atoms with Crippen LogP contribution in [0.15, 0.2) is 194 Å². The van der Waals surface area contributed by atoms with Crippen molar-refractivity contribution in [3.8, 4) is 45.2 Å². The largest absolute Gasteiger partial charge is 0.310 e. The highest BCUT2D eigenvalue weighted by molar-refractivity contribution is 6.13. The Bertz CT molecular complexity index is 3200. The van der Waals surface area contributed by atoms with Crippen molar-refractivity contribution in [3.05, 3.63) is 222 Å². The maximum absolute atomic E-state index is 5.55. The molecule has 0 amide bonds. The first-order chi connectivity index (χ1) is 30.4. The Labute approximate surface area is 362 Å². The maximum atomic E-state index is 5.55. The van der Waals surface area contributed by atoms with Crippen molar-refractivity contribution in [2.45, 2.75) is 32.6 Å². The van der Waals surface area contributed by atoms with E-state index < -0.39 is 0 Å². The smallest absolute Gasteiger partial charge is 0.163 e. The summed E-state index contributed by atoms with van der Waals surface area (Å²) in [5, 5.41) is 3.37. The van der Waals surface area contributed by atoms with Gasteiger partial charge in [0.15, 0.2) is 11.6 Å². The molecule has 0 bridgehead atoms. The molecule has 296 valence electrons. The predicted octanol–water partition coefficient (Wildman–Crippen LogP) is 14.2. The molecule has 0 radical (unpaired) electrons. The van der Waals surface area contributed by atoms with E-state index in [0.29, 0.717) is 23.9 Å². The van der Waals surface area contributed by atoms with Gasteiger partial charge in [0.05, 0.1) is 22.6 Å². The first-order valence-electron chi connectivity index (χ1n) is 21.3. The Hall–Kier alpha value is -7.76. The predicted molar refractivity (Wildman–Crippen MR) is 255 cm³/mol. The molecule has 0 saturated heterocycles. The van der Waals surface area contributed by atoms with E-state index in [4.69, 9.17) is 19.9 Å². The molecule has 0 spiro atoms. The minimum Gasteiger partial charge on any atom is -0.310 e. The molecule has 5 nitrogen and oxygen atoms in total. The van der Waals surface area contributed by atoms with Crippen molar-refractivity contribution in [2.24, 2.45) is 0 Å². The number of aromatic nitrogens is 4. The van der Waals surface area contributed by atoms with Gasteiger partial charge in [-0.3, -0.25) is 0 Å². The lowest BCUT2D eigenvalue weighted by molar-refractivity contribution is 0.632. The number of nitrogens with zero attached hydrogens (tertiary/aromatic N) is 5. The second kappa shape index (κ2) is 15.1. The molecule has 10 aromatic rings. The number of rotatable bonds is 7. The van der Waals surface area contributed by atoms with Gasteiger partial charge in [0, 0.05) is 45.0 Å². The molecule has 11 rings (SSSR count). The van der Waals surface area contributed by atoms with Gasteiger partial charge in [-0.2, -0.15) is 0 Å². The molecular formula is C57H43N5. The molecule has 0 unspecified atom stereocenters. The molecule has 5 heteroatoms. The molecular weight excluding hydrogens is 755 g/mol. The number of fused-ring (bicyclic) bond motifs is 5. The summed E-state index contributed by atoms with van der Waals surface area (Å²) in [4.78, 5) is 23.2. The molecule has 0 aliphatic carbocycles. The molecule has 2 aromatic heterocycles. The molecule has 1 aliphatic rings. The maximum Gasteiger partial charge on any atom is 0.163 e. The first kappa shape index (κ1) is 37.3. The van der Waals surface area contributed by atoms with Gasteiger partial charge in [-0.1, -0.05) is 178 Å². The van der Waals surface area contributed by atoms with E-state index in [1.165, 1.54) is 22.5 Å². The Morgan fingerprint density at radius 1 is 0.468 bits per heavy atom. The van der Waals surface area contributed by atoms with Gasteiger partial charge < -0.3 is 4.90 Å². The number of hydrogen-bond donors (Lipinski definition) is 0. The first-order valence-corrected chi connectivity index (χ1v) is 21.3. The number of para-hydroxylation sites is 3. The Balaban J connectivity index is 1.07. The molecule has 0 saturated carbocycles. The van der Waals surface area contributed by atoms with E-state index in [1.54, 1.807) is 0 Å². The SMILES string of the molecule is Cc1cccc(-c2ccc(N3c4ccccc4C(C)(C)c4ccccc43)cc2)c1-c1nc2ccccc2c2cccc(Cc3nc(-c4ccccc4)nc(-c4ccccc4)n3)c12. The summed E-state index contributed by atoms with van der Waals surface area (Å²) < 4.78 is 0. The van der Waals surface area contributed by atoms with E-state index >= 15 is 0 Å². The second-order valence-corrected chi connectivity index (χ2v) is 16.7. The number of pyridine rings is 1. The van der Waals surface area contributed by atoms with Crippen LogP contribution in [0, 0.1) is 6.92 Å². The van der Waals surface area contributed by atoms with Gasteiger partial charge in [-0.25, -0.2) is 19.9 Å². The number of hydrogen-bond acceptors (Lipinski definition) is 5. The summed E-state index contributed by atoms with van der Waals surface area (Å²) in [5.74, 6) is 2.01. The van der Waals surface area contributed by atoms with E-state index in [9.17, 15) is 0 Å². The average Bonchev–Trinajstić information content (AvgIpc) is 3.32. The van der Waals surface area contributed by atoms with Crippen LogP contribution in [0.3, 0.4) is 0 Å². The van der Waals surface area contributed by atoms with Crippen LogP contribution in [-0.4, -0.2) is 19.9 Å². The molecule has 1 aliphatic heterocycles. The van der Waals surface area contributed by atoms with Gasteiger partial charge >= 0.3 is 0 Å². The molecule has 62 heavy (non-hydrogen) atoms. The van der Waals surface area contributed by atoms with Gasteiger partial charge in [0.2, 0.25) is 0 Å². The summed E-state index contributed by atoms with van der Waals surface area (Å²) >= 11 is 0. The van der Waals surface area contributed by atoms with Crippen LogP contribution in [0.5, 0.6) is 0 Å². The third-order valence-electron chi connectivity index (χ3n) is 12.5. The normalized spacial score (nSPS) is 12.9. The Morgan fingerprint density at radius 2 is 1.03 bits per heavy atom. The molecule has 8 aromatic carbocycles. The molecule has 0 atom stereocenters. The van der Waals surface area contributed by atoms with E-state index in [0.717, 1.165) is 72.0 Å². The third-order valence-corrected chi connectivity index (χ3v) is 12.5. The lowest BCUT2D eigenvalue weighted by Crippen LogP contribution is -2.30. The third kappa shape index (κ3) is 6.33. The summed E-state index contributed by atoms with van der Waals surface area (Å²) in [7, 11) is 0. The summed E-state index contributed by atoms with van der Waals surface area (Å²) in [6, 6.07) is 68.7. The highest BCUT2D eigenvalue weighted by Crippen LogP contribution is 2.52. The van der Waals surface area contributed by atoms with Crippen molar-refractivity contribution in [1.29, 1.82) is 0 Å². The fourth-order valence-corrected chi connectivity index (χ4v) is 9.47. The van der Waals surface area contributed by atoms with Crippen molar-refractivity contribution in [1.82, 2.24) is 19.9 Å². The van der Waals surface area contributed by atoms with Crippen molar-refractivity contribution < 1.29 is 0 Å². The molecule has 0 fully saturated rings. The van der Waals surface area contributed by atoms with Gasteiger partial charge in [-0.05, 0) is 76.0 Å². The fourth-order valence-electron chi connectivity index (χ4n) is 9.47. The topological polar surface area (TPSA) is 54.8 Å². The summed E-state index contributed by atoms with van der Waals surface area (Å²) in [6.07, 6.45) is 0.498. The highest BCUT2D eigenvalue weighted by Gasteiger charge is 2.36. The average molecular weight is 798 g/mol. The minimum absolute atomic E-state index is 0.119. The quantitative estimate of drug-likeness (QED) is 0.150. The van der Waals surface area contributed by atoms with Gasteiger partial charge in [0.1, 0.15) is 5.82 Å². The number of aryl methyl sites for hydroxylation is 1. The fraction of sp³-hybridized carbons (Fsp3) is 0.0877. The zero-order chi connectivity index (χ0) is 41.8. The van der Waals surface area contributed by atoms with E-state index in [2.05, 4.69) is 183 Å². The zero-order valence-electron chi connectivity index (χ0n) is 34.9. The van der Waals surface area contributed by atoms with Gasteiger partial charge in [0.25, 0.3) is 0 Å². The van der Waals surface area contributed by atoms with Gasteiger partial charge in [-0.15, -0.1) is 0 Å². The number of anilines is 3. The van der Waals surface area contributed by atoms with Crippen LogP contribution >= 0.6 is 0 Å². The van der Waals surface area contributed by atoms with Crippen molar-refractivity contribution >= 4 is 38.7 Å². The summed E-state index contributed by atoms with van der Waals surface area (Å²) in [5.41, 5.74) is 15.5. The lowest BCUT2D eigenvalue weighted by atomic mass is 9.73. The van der Waals surface area contributed by atoms with Crippen LogP contribution in [0.4, 0.5) is 17.1 Å². The van der Waals surface area contributed by atoms with E-state index in [-0.39, 0.29) is 5.41 Å². The highest BCUT2D eigenvalue weighted by atomic mass is 15.2. The van der Waals surface area contributed by atoms with Crippen molar-refractivity contribution in [3.63, 3.8) is 0 Å². The Morgan fingerprint density at radius 3 is 1.69 bits per heavy atom. The van der Waals surface area contributed by atoms with Crippen LogP contribution in [-0.2, 0) is 11.8 Å². The Kier molecular flexibility index (Phi) is 9.05.